The third-order valence-corrected chi connectivity index (χ3v) is 10.2. The van der Waals surface area contributed by atoms with Crippen LogP contribution in [0, 0.1) is 0 Å². The fourth-order valence-corrected chi connectivity index (χ4v) is 7.48. The summed E-state index contributed by atoms with van der Waals surface area (Å²) < 4.78 is 9.24. The van der Waals surface area contributed by atoms with Crippen molar-refractivity contribution in [3.8, 4) is 67.7 Å². The van der Waals surface area contributed by atoms with Crippen molar-refractivity contribution in [1.82, 2.24) is 28.7 Å². The highest BCUT2D eigenvalue weighted by atomic mass is 32.1. The second-order valence-electron chi connectivity index (χ2n) is 12.9. The summed E-state index contributed by atoms with van der Waals surface area (Å²) in [6.07, 6.45) is 0. The standard InChI is InChI=1S/C46H28N6S/c1-4-10-29(11-5-1)30-16-20-34(21-17-30)45-48-44(33-14-8-3-9-15-33)49-46(50-45)35-22-18-31(19-23-35)36-24-25-37-40(28-36)47-42(32-12-6-2-7-13-32)38-26-27-39-43(41(37)38)52-53-51-39/h1-28H. The van der Waals surface area contributed by atoms with E-state index in [1.54, 1.807) is 0 Å². The second kappa shape index (κ2) is 13.0. The van der Waals surface area contributed by atoms with Gasteiger partial charge in [-0.3, -0.25) is 0 Å². The van der Waals surface area contributed by atoms with Gasteiger partial charge in [0.25, 0.3) is 0 Å². The van der Waals surface area contributed by atoms with Crippen LogP contribution in [-0.2, 0) is 0 Å². The molecule has 7 aromatic carbocycles. The molecule has 10 rings (SSSR count). The topological polar surface area (TPSA) is 77.3 Å². The molecule has 0 radical (unpaired) electrons. The monoisotopic (exact) mass is 696 g/mol. The number of nitrogens with zero attached hydrogens (tertiary/aromatic N) is 6. The molecule has 0 N–H and O–H groups in total. The number of fused-ring (bicyclic) bond motifs is 5. The molecule has 53 heavy (non-hydrogen) atoms. The van der Waals surface area contributed by atoms with Gasteiger partial charge in [0, 0.05) is 38.4 Å². The van der Waals surface area contributed by atoms with Gasteiger partial charge < -0.3 is 0 Å². The summed E-state index contributed by atoms with van der Waals surface area (Å²) in [5, 5.41) is 3.21. The molecule has 0 atom stereocenters. The minimum Gasteiger partial charge on any atom is -0.247 e. The molecule has 6 nitrogen and oxygen atoms in total. The molecule has 10 aromatic rings. The molecule has 0 saturated heterocycles. The van der Waals surface area contributed by atoms with Gasteiger partial charge in [-0.05, 0) is 40.5 Å². The Bertz CT molecular complexity index is 2910. The molecule has 0 aliphatic carbocycles. The fraction of sp³-hybridized carbons (Fsp3) is 0. The zero-order chi connectivity index (χ0) is 35.1. The molecule has 0 amide bonds. The van der Waals surface area contributed by atoms with E-state index in [0.717, 1.165) is 77.3 Å². The normalized spacial score (nSPS) is 11.4. The van der Waals surface area contributed by atoms with Crippen molar-refractivity contribution in [2.24, 2.45) is 0 Å². The molecule has 3 aromatic heterocycles. The minimum absolute atomic E-state index is 0.618. The van der Waals surface area contributed by atoms with Crippen LogP contribution in [0.15, 0.2) is 170 Å². The van der Waals surface area contributed by atoms with Crippen molar-refractivity contribution in [1.29, 1.82) is 0 Å². The summed E-state index contributed by atoms with van der Waals surface area (Å²) in [5.74, 6) is 1.88. The number of benzene rings is 7. The first-order valence-corrected chi connectivity index (χ1v) is 18.1. The lowest BCUT2D eigenvalue weighted by atomic mass is 9.96. The quantitative estimate of drug-likeness (QED) is 0.161. The smallest absolute Gasteiger partial charge is 0.164 e. The summed E-state index contributed by atoms with van der Waals surface area (Å²) in [5.41, 5.74) is 11.9. The van der Waals surface area contributed by atoms with Gasteiger partial charge in [-0.2, -0.15) is 8.75 Å². The van der Waals surface area contributed by atoms with Crippen LogP contribution in [0.4, 0.5) is 0 Å². The summed E-state index contributed by atoms with van der Waals surface area (Å²) in [4.78, 5) is 20.1. The molecular formula is C46H28N6S. The van der Waals surface area contributed by atoms with Crippen LogP contribution in [0.25, 0.3) is 100 Å². The van der Waals surface area contributed by atoms with Crippen LogP contribution in [0.3, 0.4) is 0 Å². The molecule has 0 unspecified atom stereocenters. The minimum atomic E-state index is 0.618. The Hall–Kier alpha value is -6.96. The third kappa shape index (κ3) is 5.69. The highest BCUT2D eigenvalue weighted by molar-refractivity contribution is 7.00. The van der Waals surface area contributed by atoms with Crippen molar-refractivity contribution in [2.75, 3.05) is 0 Å². The molecule has 3 heterocycles. The Morgan fingerprint density at radius 2 is 0.774 bits per heavy atom. The van der Waals surface area contributed by atoms with Crippen molar-refractivity contribution in [2.45, 2.75) is 0 Å². The van der Waals surface area contributed by atoms with Gasteiger partial charge in [0.05, 0.1) is 22.9 Å². The van der Waals surface area contributed by atoms with Crippen LogP contribution in [-0.4, -0.2) is 28.7 Å². The average molecular weight is 697 g/mol. The summed E-state index contributed by atoms with van der Waals surface area (Å²) in [7, 11) is 0. The van der Waals surface area contributed by atoms with Gasteiger partial charge in [-0.25, -0.2) is 19.9 Å². The van der Waals surface area contributed by atoms with Gasteiger partial charge in [0.2, 0.25) is 0 Å². The lowest BCUT2D eigenvalue weighted by Crippen LogP contribution is -2.00. The molecule has 7 heteroatoms. The first-order valence-electron chi connectivity index (χ1n) is 17.4. The summed E-state index contributed by atoms with van der Waals surface area (Å²) >= 11 is 1.24. The molecule has 0 spiro atoms. The number of hydrogen-bond donors (Lipinski definition) is 0. The molecule has 0 aliphatic rings. The van der Waals surface area contributed by atoms with Gasteiger partial charge in [-0.15, -0.1) is 0 Å². The molecule has 0 bridgehead atoms. The zero-order valence-corrected chi connectivity index (χ0v) is 29.1. The van der Waals surface area contributed by atoms with Gasteiger partial charge in [0.15, 0.2) is 17.5 Å². The highest BCUT2D eigenvalue weighted by Gasteiger charge is 2.17. The molecule has 0 aliphatic heterocycles. The van der Waals surface area contributed by atoms with Crippen LogP contribution < -0.4 is 0 Å². The predicted molar refractivity (Wildman–Crippen MR) is 216 cm³/mol. The lowest BCUT2D eigenvalue weighted by Gasteiger charge is -2.12. The predicted octanol–water partition coefficient (Wildman–Crippen LogP) is 11.6. The van der Waals surface area contributed by atoms with Crippen molar-refractivity contribution < 1.29 is 0 Å². The largest absolute Gasteiger partial charge is 0.247 e. The Morgan fingerprint density at radius 3 is 1.38 bits per heavy atom. The van der Waals surface area contributed by atoms with E-state index >= 15 is 0 Å². The van der Waals surface area contributed by atoms with Gasteiger partial charge in [-0.1, -0.05) is 152 Å². The van der Waals surface area contributed by atoms with E-state index in [4.69, 9.17) is 24.3 Å². The van der Waals surface area contributed by atoms with Crippen molar-refractivity contribution in [3.63, 3.8) is 0 Å². The maximum atomic E-state index is 5.24. The fourth-order valence-electron chi connectivity index (χ4n) is 6.94. The van der Waals surface area contributed by atoms with Crippen LogP contribution in [0.1, 0.15) is 0 Å². The first-order chi connectivity index (χ1) is 26.2. The molecule has 248 valence electrons. The van der Waals surface area contributed by atoms with Gasteiger partial charge in [0.1, 0.15) is 11.0 Å². The Morgan fingerprint density at radius 1 is 0.321 bits per heavy atom. The van der Waals surface area contributed by atoms with Gasteiger partial charge >= 0.3 is 0 Å². The second-order valence-corrected chi connectivity index (χ2v) is 13.4. The number of hydrogen-bond acceptors (Lipinski definition) is 7. The molecule has 0 saturated carbocycles. The number of aromatic nitrogens is 6. The SMILES string of the molecule is c1ccc(-c2ccc(-c3nc(-c4ccccc4)nc(-c4ccc(-c5ccc6c(c5)nc(-c5ccccc5)c5ccc7nsnc7c56)cc4)n3)cc2)cc1. The maximum Gasteiger partial charge on any atom is 0.164 e. The number of pyridine rings is 1. The average Bonchev–Trinajstić information content (AvgIpc) is 3.74. The van der Waals surface area contributed by atoms with E-state index in [2.05, 4.69) is 114 Å². The molecule has 0 fully saturated rings. The summed E-state index contributed by atoms with van der Waals surface area (Å²) in [6.45, 7) is 0. The Labute approximate surface area is 309 Å². The lowest BCUT2D eigenvalue weighted by molar-refractivity contribution is 1.07. The Balaban J connectivity index is 1.05. The van der Waals surface area contributed by atoms with E-state index in [9.17, 15) is 0 Å². The summed E-state index contributed by atoms with van der Waals surface area (Å²) in [6, 6.07) is 58.2. The number of rotatable bonds is 6. The maximum absolute atomic E-state index is 5.24. The van der Waals surface area contributed by atoms with Crippen molar-refractivity contribution in [3.05, 3.63) is 170 Å². The molecular weight excluding hydrogens is 669 g/mol. The van der Waals surface area contributed by atoms with E-state index in [1.165, 1.54) is 17.3 Å². The van der Waals surface area contributed by atoms with E-state index in [1.807, 2.05) is 60.7 Å². The van der Waals surface area contributed by atoms with E-state index in [-0.39, 0.29) is 0 Å². The van der Waals surface area contributed by atoms with E-state index in [0.29, 0.717) is 17.5 Å². The van der Waals surface area contributed by atoms with Crippen molar-refractivity contribution >= 4 is 44.4 Å². The van der Waals surface area contributed by atoms with E-state index < -0.39 is 0 Å². The highest BCUT2D eigenvalue weighted by Crippen LogP contribution is 2.38. The Kier molecular flexibility index (Phi) is 7.55. The third-order valence-electron chi connectivity index (χ3n) is 9.62. The van der Waals surface area contributed by atoms with Crippen LogP contribution >= 0.6 is 11.7 Å². The first kappa shape index (κ1) is 30.8. The zero-order valence-electron chi connectivity index (χ0n) is 28.3. The van der Waals surface area contributed by atoms with Crippen LogP contribution in [0.2, 0.25) is 0 Å². The van der Waals surface area contributed by atoms with Crippen LogP contribution in [0.5, 0.6) is 0 Å².